The molecule has 1 amide bonds. The van der Waals surface area contributed by atoms with Crippen molar-refractivity contribution < 1.29 is 14.3 Å². The molecule has 0 bridgehead atoms. The molecule has 1 atom stereocenters. The van der Waals surface area contributed by atoms with Crippen LogP contribution in [0.25, 0.3) is 6.08 Å². The molecule has 0 saturated heterocycles. The minimum Gasteiger partial charge on any atom is -0.490 e. The second kappa shape index (κ2) is 8.56. The van der Waals surface area contributed by atoms with Crippen LogP contribution in [0.3, 0.4) is 0 Å². The maximum Gasteiger partial charge on any atom is 0.244 e. The number of fused-ring (bicyclic) bond motifs is 1. The molecule has 3 rings (SSSR count). The van der Waals surface area contributed by atoms with Crippen molar-refractivity contribution in [1.29, 1.82) is 0 Å². The molecule has 136 valence electrons. The number of rotatable bonds is 5. The van der Waals surface area contributed by atoms with E-state index in [-0.39, 0.29) is 17.9 Å². The number of nitrogens with one attached hydrogen (secondary N) is 1. The standard InChI is InChI=1S/C22H25NO3/c1-16(2)22(23-21(24)12-9-17-7-4-3-5-8-17)18-10-11-19-20(15-18)26-14-6-13-25-19/h3-5,7-12,15-16,22H,6,13-14H2,1-2H3,(H,23,24)/b12-9+/t22-/m1/s1. The molecular formula is C22H25NO3. The fourth-order valence-electron chi connectivity index (χ4n) is 2.95. The molecule has 2 aromatic rings. The minimum absolute atomic E-state index is 0.0972. The number of hydrogen-bond donors (Lipinski definition) is 1. The molecular weight excluding hydrogens is 326 g/mol. The van der Waals surface area contributed by atoms with E-state index in [0.29, 0.717) is 13.2 Å². The molecule has 1 heterocycles. The lowest BCUT2D eigenvalue weighted by Crippen LogP contribution is -2.30. The number of amides is 1. The highest BCUT2D eigenvalue weighted by molar-refractivity contribution is 5.92. The Hall–Kier alpha value is -2.75. The molecule has 0 spiro atoms. The average molecular weight is 351 g/mol. The van der Waals surface area contributed by atoms with E-state index in [9.17, 15) is 4.79 Å². The molecule has 0 unspecified atom stereocenters. The van der Waals surface area contributed by atoms with Crippen molar-refractivity contribution in [3.8, 4) is 11.5 Å². The van der Waals surface area contributed by atoms with Crippen molar-refractivity contribution in [2.75, 3.05) is 13.2 Å². The highest BCUT2D eigenvalue weighted by Gasteiger charge is 2.20. The van der Waals surface area contributed by atoms with Gasteiger partial charge in [0.25, 0.3) is 0 Å². The highest BCUT2D eigenvalue weighted by Crippen LogP contribution is 2.34. The minimum atomic E-state index is -0.111. The van der Waals surface area contributed by atoms with Crippen LogP contribution in [-0.2, 0) is 4.79 Å². The van der Waals surface area contributed by atoms with Crippen LogP contribution >= 0.6 is 0 Å². The summed E-state index contributed by atoms with van der Waals surface area (Å²) in [7, 11) is 0. The van der Waals surface area contributed by atoms with Crippen molar-refractivity contribution in [3.05, 3.63) is 65.7 Å². The molecule has 1 aliphatic heterocycles. The van der Waals surface area contributed by atoms with Crippen LogP contribution in [0.1, 0.15) is 37.4 Å². The smallest absolute Gasteiger partial charge is 0.244 e. The van der Waals surface area contributed by atoms with E-state index in [2.05, 4.69) is 19.2 Å². The molecule has 0 saturated carbocycles. The lowest BCUT2D eigenvalue weighted by atomic mass is 9.95. The molecule has 1 aliphatic rings. The van der Waals surface area contributed by atoms with Gasteiger partial charge in [-0.1, -0.05) is 50.2 Å². The van der Waals surface area contributed by atoms with Gasteiger partial charge in [0, 0.05) is 12.5 Å². The Balaban J connectivity index is 1.74. The molecule has 2 aromatic carbocycles. The Kier molecular flexibility index (Phi) is 5.95. The van der Waals surface area contributed by atoms with Crippen molar-refractivity contribution >= 4 is 12.0 Å². The number of hydrogen-bond acceptors (Lipinski definition) is 3. The highest BCUT2D eigenvalue weighted by atomic mass is 16.5. The van der Waals surface area contributed by atoms with Gasteiger partial charge < -0.3 is 14.8 Å². The summed E-state index contributed by atoms with van der Waals surface area (Å²) >= 11 is 0. The number of benzene rings is 2. The van der Waals surface area contributed by atoms with Crippen LogP contribution in [0.4, 0.5) is 0 Å². The first-order valence-electron chi connectivity index (χ1n) is 9.06. The van der Waals surface area contributed by atoms with E-state index in [0.717, 1.165) is 29.0 Å². The molecule has 0 aliphatic carbocycles. The van der Waals surface area contributed by atoms with Gasteiger partial charge in [-0.15, -0.1) is 0 Å². The Labute approximate surface area is 154 Å². The molecule has 0 radical (unpaired) electrons. The van der Waals surface area contributed by atoms with Crippen LogP contribution in [0.15, 0.2) is 54.6 Å². The fourth-order valence-corrected chi connectivity index (χ4v) is 2.95. The largest absolute Gasteiger partial charge is 0.490 e. The summed E-state index contributed by atoms with van der Waals surface area (Å²) < 4.78 is 11.5. The monoisotopic (exact) mass is 351 g/mol. The van der Waals surface area contributed by atoms with Gasteiger partial charge in [0.1, 0.15) is 0 Å². The lowest BCUT2D eigenvalue weighted by molar-refractivity contribution is -0.117. The molecule has 4 nitrogen and oxygen atoms in total. The van der Waals surface area contributed by atoms with E-state index in [1.807, 2.05) is 54.6 Å². The SMILES string of the molecule is CC(C)[C@@H](NC(=O)/C=C/c1ccccc1)c1ccc2c(c1)OCCCO2. The maximum absolute atomic E-state index is 12.4. The summed E-state index contributed by atoms with van der Waals surface area (Å²) in [5.41, 5.74) is 2.02. The van der Waals surface area contributed by atoms with E-state index in [1.54, 1.807) is 6.08 Å². The maximum atomic E-state index is 12.4. The van der Waals surface area contributed by atoms with Gasteiger partial charge in [0.05, 0.1) is 19.3 Å². The second-order valence-corrected chi connectivity index (χ2v) is 6.73. The normalized spacial score (nSPS) is 14.9. The Morgan fingerprint density at radius 2 is 1.77 bits per heavy atom. The first-order chi connectivity index (χ1) is 12.6. The van der Waals surface area contributed by atoms with Crippen molar-refractivity contribution in [2.24, 2.45) is 5.92 Å². The van der Waals surface area contributed by atoms with Crippen LogP contribution in [0.2, 0.25) is 0 Å². The van der Waals surface area contributed by atoms with Crippen LogP contribution in [0.5, 0.6) is 11.5 Å². The summed E-state index contributed by atoms with van der Waals surface area (Å²) in [6.07, 6.45) is 4.27. The number of carbonyl (C=O) groups excluding carboxylic acids is 1. The van der Waals surface area contributed by atoms with Crippen LogP contribution < -0.4 is 14.8 Å². The first kappa shape index (κ1) is 18.1. The lowest BCUT2D eigenvalue weighted by Gasteiger charge is -2.23. The van der Waals surface area contributed by atoms with E-state index >= 15 is 0 Å². The third kappa shape index (κ3) is 4.66. The van der Waals surface area contributed by atoms with Gasteiger partial charge in [0.15, 0.2) is 11.5 Å². The van der Waals surface area contributed by atoms with E-state index in [1.165, 1.54) is 0 Å². The third-order valence-electron chi connectivity index (χ3n) is 4.32. The fraction of sp³-hybridized carbons (Fsp3) is 0.318. The van der Waals surface area contributed by atoms with Crippen molar-refractivity contribution in [1.82, 2.24) is 5.32 Å². The van der Waals surface area contributed by atoms with Crippen LogP contribution in [-0.4, -0.2) is 19.1 Å². The summed E-state index contributed by atoms with van der Waals surface area (Å²) in [5, 5.41) is 3.10. The van der Waals surface area contributed by atoms with Crippen molar-refractivity contribution in [3.63, 3.8) is 0 Å². The number of carbonyl (C=O) groups is 1. The van der Waals surface area contributed by atoms with Gasteiger partial charge in [-0.2, -0.15) is 0 Å². The van der Waals surface area contributed by atoms with Crippen molar-refractivity contribution in [2.45, 2.75) is 26.3 Å². The Morgan fingerprint density at radius 1 is 1.04 bits per heavy atom. The zero-order valence-electron chi connectivity index (χ0n) is 15.3. The first-order valence-corrected chi connectivity index (χ1v) is 9.06. The quantitative estimate of drug-likeness (QED) is 0.814. The van der Waals surface area contributed by atoms with Gasteiger partial charge >= 0.3 is 0 Å². The summed E-state index contributed by atoms with van der Waals surface area (Å²) in [6.45, 7) is 5.50. The topological polar surface area (TPSA) is 47.6 Å². The average Bonchev–Trinajstić information content (AvgIpc) is 2.90. The summed E-state index contributed by atoms with van der Waals surface area (Å²) in [5.74, 6) is 1.65. The Morgan fingerprint density at radius 3 is 2.50 bits per heavy atom. The second-order valence-electron chi connectivity index (χ2n) is 6.73. The summed E-state index contributed by atoms with van der Waals surface area (Å²) in [4.78, 5) is 12.4. The van der Waals surface area contributed by atoms with Gasteiger partial charge in [-0.25, -0.2) is 0 Å². The molecule has 4 heteroatoms. The zero-order valence-corrected chi connectivity index (χ0v) is 15.3. The van der Waals surface area contributed by atoms with E-state index in [4.69, 9.17) is 9.47 Å². The van der Waals surface area contributed by atoms with Crippen LogP contribution in [0, 0.1) is 5.92 Å². The molecule has 0 aromatic heterocycles. The Bertz CT molecular complexity index is 768. The van der Waals surface area contributed by atoms with Gasteiger partial charge in [-0.05, 0) is 35.3 Å². The molecule has 1 N–H and O–H groups in total. The predicted octanol–water partition coefficient (Wildman–Crippen LogP) is 4.37. The molecule has 26 heavy (non-hydrogen) atoms. The number of ether oxygens (including phenoxy) is 2. The van der Waals surface area contributed by atoms with E-state index < -0.39 is 0 Å². The molecule has 0 fully saturated rings. The van der Waals surface area contributed by atoms with Gasteiger partial charge in [0.2, 0.25) is 5.91 Å². The summed E-state index contributed by atoms with van der Waals surface area (Å²) in [6, 6.07) is 15.6. The van der Waals surface area contributed by atoms with Gasteiger partial charge in [-0.3, -0.25) is 4.79 Å². The zero-order chi connectivity index (χ0) is 18.4. The predicted molar refractivity (Wildman–Crippen MR) is 103 cm³/mol. The third-order valence-corrected chi connectivity index (χ3v) is 4.32.